The number of aryl methyl sites for hydroxylation is 1. The molecular weight excluding hydrogens is 266 g/mol. The normalized spacial score (nSPS) is 10.4. The first kappa shape index (κ1) is 15.1. The van der Waals surface area contributed by atoms with Crippen LogP contribution >= 0.6 is 0 Å². The number of aromatic hydroxyl groups is 1. The number of hydrogen-bond acceptors (Lipinski definition) is 5. The molecule has 0 aliphatic heterocycles. The van der Waals surface area contributed by atoms with Gasteiger partial charge >= 0.3 is 0 Å². The summed E-state index contributed by atoms with van der Waals surface area (Å²) in [6.07, 6.45) is 1.87. The Kier molecular flexibility index (Phi) is 4.98. The molecule has 5 nitrogen and oxygen atoms in total. The second-order valence-corrected chi connectivity index (χ2v) is 4.74. The van der Waals surface area contributed by atoms with Gasteiger partial charge in [-0.15, -0.1) is 0 Å². The number of nitrogens with one attached hydrogen (secondary N) is 1. The number of nitrogens with zero attached hydrogens (tertiary/aromatic N) is 2. The quantitative estimate of drug-likeness (QED) is 0.853. The smallest absolute Gasteiger partial charge is 0.161 e. The summed E-state index contributed by atoms with van der Waals surface area (Å²) in [5.41, 5.74) is 1.80. The lowest BCUT2D eigenvalue weighted by atomic mass is 10.1. The van der Waals surface area contributed by atoms with Gasteiger partial charge in [-0.1, -0.05) is 13.8 Å². The van der Waals surface area contributed by atoms with Crippen LogP contribution in [0.25, 0.3) is 11.4 Å². The average Bonchev–Trinajstić information content (AvgIpc) is 2.53. The molecule has 2 aromatic rings. The van der Waals surface area contributed by atoms with E-state index in [0.717, 1.165) is 36.5 Å². The van der Waals surface area contributed by atoms with Gasteiger partial charge in [0.2, 0.25) is 0 Å². The summed E-state index contributed by atoms with van der Waals surface area (Å²) in [5.74, 6) is 1.98. The summed E-state index contributed by atoms with van der Waals surface area (Å²) >= 11 is 0. The van der Waals surface area contributed by atoms with Crippen LogP contribution in [0.1, 0.15) is 26.0 Å². The Hall–Kier alpha value is -2.30. The second kappa shape index (κ2) is 6.92. The van der Waals surface area contributed by atoms with Gasteiger partial charge in [0.1, 0.15) is 5.82 Å². The van der Waals surface area contributed by atoms with Crippen LogP contribution in [0.15, 0.2) is 24.3 Å². The highest BCUT2D eigenvalue weighted by Crippen LogP contribution is 2.30. The number of phenolic OH excluding ortho intramolecular Hbond substituents is 1. The predicted octanol–water partition coefficient (Wildman–Crippen LogP) is 3.24. The number of rotatable bonds is 6. The Morgan fingerprint density at radius 1 is 1.19 bits per heavy atom. The number of phenols is 1. The van der Waals surface area contributed by atoms with Crippen molar-refractivity contribution in [1.82, 2.24) is 9.97 Å². The fraction of sp³-hybridized carbons (Fsp3) is 0.375. The molecule has 0 unspecified atom stereocenters. The third kappa shape index (κ3) is 3.62. The molecule has 0 spiro atoms. The van der Waals surface area contributed by atoms with Crippen LogP contribution in [-0.2, 0) is 6.42 Å². The Morgan fingerprint density at radius 2 is 2.00 bits per heavy atom. The summed E-state index contributed by atoms with van der Waals surface area (Å²) in [5, 5.41) is 13.0. The predicted molar refractivity (Wildman–Crippen MR) is 83.8 cm³/mol. The van der Waals surface area contributed by atoms with Crippen molar-refractivity contribution in [3.8, 4) is 22.9 Å². The van der Waals surface area contributed by atoms with Crippen molar-refractivity contribution in [2.24, 2.45) is 0 Å². The van der Waals surface area contributed by atoms with E-state index < -0.39 is 0 Å². The number of ether oxygens (including phenoxy) is 1. The fourth-order valence-corrected chi connectivity index (χ4v) is 1.97. The van der Waals surface area contributed by atoms with E-state index in [1.54, 1.807) is 18.2 Å². The molecule has 0 aliphatic carbocycles. The SMILES string of the molecule is CCCNc1cc(CC)nc(-c2ccc(O)c(OC)c2)n1. The van der Waals surface area contributed by atoms with Gasteiger partial charge in [-0.25, -0.2) is 9.97 Å². The molecule has 0 saturated carbocycles. The van der Waals surface area contributed by atoms with Crippen molar-refractivity contribution < 1.29 is 9.84 Å². The minimum absolute atomic E-state index is 0.109. The molecule has 2 rings (SSSR count). The van der Waals surface area contributed by atoms with Crippen LogP contribution in [0, 0.1) is 0 Å². The maximum atomic E-state index is 9.68. The van der Waals surface area contributed by atoms with E-state index in [1.165, 1.54) is 7.11 Å². The number of hydrogen-bond donors (Lipinski definition) is 2. The molecule has 21 heavy (non-hydrogen) atoms. The third-order valence-corrected chi connectivity index (χ3v) is 3.14. The third-order valence-electron chi connectivity index (χ3n) is 3.14. The minimum atomic E-state index is 0.109. The number of methoxy groups -OCH3 is 1. The Bertz CT molecular complexity index is 614. The molecule has 1 heterocycles. The van der Waals surface area contributed by atoms with Crippen LogP contribution in [0.2, 0.25) is 0 Å². The molecule has 0 amide bonds. The van der Waals surface area contributed by atoms with Gasteiger partial charge in [0, 0.05) is 23.9 Å². The van der Waals surface area contributed by atoms with E-state index in [4.69, 9.17) is 4.74 Å². The molecule has 0 saturated heterocycles. The maximum Gasteiger partial charge on any atom is 0.161 e. The van der Waals surface area contributed by atoms with Crippen LogP contribution in [0.3, 0.4) is 0 Å². The van der Waals surface area contributed by atoms with Crippen molar-refractivity contribution in [3.05, 3.63) is 30.0 Å². The molecule has 112 valence electrons. The molecule has 0 atom stereocenters. The number of anilines is 1. The molecule has 1 aromatic carbocycles. The van der Waals surface area contributed by atoms with Gasteiger partial charge in [-0.3, -0.25) is 0 Å². The van der Waals surface area contributed by atoms with Crippen LogP contribution < -0.4 is 10.1 Å². The Balaban J connectivity index is 2.42. The first-order valence-electron chi connectivity index (χ1n) is 7.17. The van der Waals surface area contributed by atoms with Crippen molar-refractivity contribution in [2.75, 3.05) is 19.0 Å². The molecule has 0 fully saturated rings. The van der Waals surface area contributed by atoms with E-state index in [1.807, 2.05) is 6.07 Å². The number of benzene rings is 1. The highest BCUT2D eigenvalue weighted by molar-refractivity contribution is 5.62. The van der Waals surface area contributed by atoms with Crippen LogP contribution in [-0.4, -0.2) is 28.7 Å². The summed E-state index contributed by atoms with van der Waals surface area (Å²) < 4.78 is 5.14. The molecule has 0 bridgehead atoms. The van der Waals surface area contributed by atoms with Gasteiger partial charge in [0.05, 0.1) is 7.11 Å². The summed E-state index contributed by atoms with van der Waals surface area (Å²) in [6, 6.07) is 7.09. The highest BCUT2D eigenvalue weighted by Gasteiger charge is 2.09. The molecular formula is C16H21N3O2. The Labute approximate surface area is 125 Å². The topological polar surface area (TPSA) is 67.3 Å². The lowest BCUT2D eigenvalue weighted by Gasteiger charge is -2.10. The van der Waals surface area contributed by atoms with Gasteiger partial charge in [-0.05, 0) is 31.0 Å². The van der Waals surface area contributed by atoms with Gasteiger partial charge < -0.3 is 15.2 Å². The van der Waals surface area contributed by atoms with E-state index in [0.29, 0.717) is 11.6 Å². The van der Waals surface area contributed by atoms with E-state index in [9.17, 15) is 5.11 Å². The lowest BCUT2D eigenvalue weighted by molar-refractivity contribution is 0.373. The lowest BCUT2D eigenvalue weighted by Crippen LogP contribution is -2.05. The monoisotopic (exact) mass is 287 g/mol. The van der Waals surface area contributed by atoms with E-state index >= 15 is 0 Å². The van der Waals surface area contributed by atoms with Crippen LogP contribution in [0.5, 0.6) is 11.5 Å². The molecule has 0 radical (unpaired) electrons. The van der Waals surface area contributed by atoms with Gasteiger partial charge in [-0.2, -0.15) is 0 Å². The first-order chi connectivity index (χ1) is 10.2. The van der Waals surface area contributed by atoms with Crippen molar-refractivity contribution in [3.63, 3.8) is 0 Å². The highest BCUT2D eigenvalue weighted by atomic mass is 16.5. The zero-order valence-corrected chi connectivity index (χ0v) is 12.7. The standard InChI is InChI=1S/C16H21N3O2/c1-4-8-17-15-10-12(5-2)18-16(19-15)11-6-7-13(20)14(9-11)21-3/h6-7,9-10,20H,4-5,8H2,1-3H3,(H,17,18,19). The van der Waals surface area contributed by atoms with Crippen molar-refractivity contribution >= 4 is 5.82 Å². The first-order valence-corrected chi connectivity index (χ1v) is 7.17. The van der Waals surface area contributed by atoms with Crippen LogP contribution in [0.4, 0.5) is 5.82 Å². The van der Waals surface area contributed by atoms with Crippen molar-refractivity contribution in [2.45, 2.75) is 26.7 Å². The summed E-state index contributed by atoms with van der Waals surface area (Å²) in [4.78, 5) is 9.08. The van der Waals surface area contributed by atoms with Crippen molar-refractivity contribution in [1.29, 1.82) is 0 Å². The average molecular weight is 287 g/mol. The molecule has 1 aromatic heterocycles. The molecule has 5 heteroatoms. The second-order valence-electron chi connectivity index (χ2n) is 4.74. The molecule has 2 N–H and O–H groups in total. The summed E-state index contributed by atoms with van der Waals surface area (Å²) in [7, 11) is 1.52. The number of aromatic nitrogens is 2. The van der Waals surface area contributed by atoms with Gasteiger partial charge in [0.15, 0.2) is 17.3 Å². The minimum Gasteiger partial charge on any atom is -0.504 e. The van der Waals surface area contributed by atoms with E-state index in [2.05, 4.69) is 29.1 Å². The zero-order chi connectivity index (χ0) is 15.2. The fourth-order valence-electron chi connectivity index (χ4n) is 1.97. The largest absolute Gasteiger partial charge is 0.504 e. The maximum absolute atomic E-state index is 9.68. The zero-order valence-electron chi connectivity index (χ0n) is 12.7. The van der Waals surface area contributed by atoms with Gasteiger partial charge in [0.25, 0.3) is 0 Å². The molecule has 0 aliphatic rings. The summed E-state index contributed by atoms with van der Waals surface area (Å²) in [6.45, 7) is 5.05. The van der Waals surface area contributed by atoms with E-state index in [-0.39, 0.29) is 5.75 Å². The Morgan fingerprint density at radius 3 is 2.67 bits per heavy atom.